The van der Waals surface area contributed by atoms with Crippen LogP contribution in [0.4, 0.5) is 0 Å². The highest BCUT2D eigenvalue weighted by atomic mass is 127. The Kier molecular flexibility index (Phi) is 7.73. The second kappa shape index (κ2) is 9.63. The van der Waals surface area contributed by atoms with Gasteiger partial charge in [0, 0.05) is 3.42 Å². The lowest BCUT2D eigenvalue weighted by Crippen LogP contribution is -2.01. The van der Waals surface area contributed by atoms with Crippen molar-refractivity contribution in [2.24, 2.45) is 5.41 Å². The minimum atomic E-state index is 0.708. The first kappa shape index (κ1) is 21.7. The van der Waals surface area contributed by atoms with Crippen molar-refractivity contribution >= 4 is 22.6 Å². The van der Waals surface area contributed by atoms with Crippen LogP contribution in [0.15, 0.2) is 12.1 Å². The van der Waals surface area contributed by atoms with E-state index in [1.54, 1.807) is 16.7 Å². The summed E-state index contributed by atoms with van der Waals surface area (Å²) in [5, 5.41) is 0. The van der Waals surface area contributed by atoms with Crippen LogP contribution in [0.3, 0.4) is 0 Å². The summed E-state index contributed by atoms with van der Waals surface area (Å²) in [5.74, 6) is 0. The SMILES string of the molecule is CCC1(CCCCCc2ccc(C)c(CCCCCC3(I)CC3)c2C)CC1. The first-order valence-corrected chi connectivity index (χ1v) is 12.8. The van der Waals surface area contributed by atoms with E-state index < -0.39 is 0 Å². The van der Waals surface area contributed by atoms with Crippen molar-refractivity contribution in [1.82, 2.24) is 0 Å². The average Bonchev–Trinajstić information content (AvgIpc) is 3.57. The van der Waals surface area contributed by atoms with E-state index in [2.05, 4.69) is 55.5 Å². The van der Waals surface area contributed by atoms with E-state index in [9.17, 15) is 0 Å². The number of hydrogen-bond acceptors (Lipinski definition) is 0. The van der Waals surface area contributed by atoms with E-state index in [1.165, 1.54) is 102 Å². The third kappa shape index (κ3) is 6.47. The Morgan fingerprint density at radius 1 is 0.815 bits per heavy atom. The molecule has 0 saturated heterocycles. The van der Waals surface area contributed by atoms with Crippen LogP contribution in [0, 0.1) is 19.3 Å². The molecule has 1 heteroatoms. The number of halogens is 1. The minimum Gasteiger partial charge on any atom is -0.0789 e. The van der Waals surface area contributed by atoms with Gasteiger partial charge in [0.05, 0.1) is 0 Å². The van der Waals surface area contributed by atoms with E-state index >= 15 is 0 Å². The van der Waals surface area contributed by atoms with Crippen LogP contribution in [-0.4, -0.2) is 3.42 Å². The number of hydrogen-bond donors (Lipinski definition) is 0. The summed E-state index contributed by atoms with van der Waals surface area (Å²) in [5.41, 5.74) is 7.18. The van der Waals surface area contributed by atoms with Crippen LogP contribution in [0.1, 0.15) is 113 Å². The zero-order chi connectivity index (χ0) is 19.3. The summed E-state index contributed by atoms with van der Waals surface area (Å²) in [6.45, 7) is 7.09. The molecule has 2 aliphatic rings. The van der Waals surface area contributed by atoms with Gasteiger partial charge in [0.25, 0.3) is 0 Å². The van der Waals surface area contributed by atoms with Crippen molar-refractivity contribution in [2.45, 2.75) is 121 Å². The molecule has 0 bridgehead atoms. The van der Waals surface area contributed by atoms with Gasteiger partial charge in [-0.15, -0.1) is 0 Å². The lowest BCUT2D eigenvalue weighted by molar-refractivity contribution is 0.422. The van der Waals surface area contributed by atoms with Crippen LogP contribution in [0.25, 0.3) is 0 Å². The summed E-state index contributed by atoms with van der Waals surface area (Å²) >= 11 is 2.69. The number of aryl methyl sites for hydroxylation is 2. The summed E-state index contributed by atoms with van der Waals surface area (Å²) in [6.07, 6.45) is 21.3. The molecule has 1 aromatic carbocycles. The molecule has 0 heterocycles. The molecule has 0 aliphatic heterocycles. The Morgan fingerprint density at radius 3 is 2.11 bits per heavy atom. The minimum absolute atomic E-state index is 0.708. The van der Waals surface area contributed by atoms with Crippen molar-refractivity contribution in [3.8, 4) is 0 Å². The van der Waals surface area contributed by atoms with E-state index in [4.69, 9.17) is 0 Å². The molecule has 3 rings (SSSR count). The van der Waals surface area contributed by atoms with Gasteiger partial charge in [-0.25, -0.2) is 0 Å². The van der Waals surface area contributed by atoms with Gasteiger partial charge in [0.1, 0.15) is 0 Å². The summed E-state index contributed by atoms with van der Waals surface area (Å²) in [7, 11) is 0. The molecular formula is C26H41I. The predicted octanol–water partition coefficient (Wildman–Crippen LogP) is 8.67. The fraction of sp³-hybridized carbons (Fsp3) is 0.769. The molecule has 27 heavy (non-hydrogen) atoms. The second-order valence-corrected chi connectivity index (χ2v) is 12.1. The van der Waals surface area contributed by atoms with Crippen LogP contribution in [0.2, 0.25) is 0 Å². The van der Waals surface area contributed by atoms with Gasteiger partial charge >= 0.3 is 0 Å². The number of unbranched alkanes of at least 4 members (excludes halogenated alkanes) is 4. The van der Waals surface area contributed by atoms with E-state index in [-0.39, 0.29) is 0 Å². The van der Waals surface area contributed by atoms with Crippen molar-refractivity contribution in [1.29, 1.82) is 0 Å². The third-order valence-electron chi connectivity index (χ3n) is 7.65. The highest BCUT2D eigenvalue weighted by Gasteiger charge is 2.39. The smallest absolute Gasteiger partial charge is 0.0223 e. The van der Waals surface area contributed by atoms with E-state index in [0.29, 0.717) is 3.42 Å². The van der Waals surface area contributed by atoms with Gasteiger partial charge < -0.3 is 0 Å². The summed E-state index contributed by atoms with van der Waals surface area (Å²) < 4.78 is 0.708. The molecule has 152 valence electrons. The van der Waals surface area contributed by atoms with E-state index in [1.807, 2.05) is 0 Å². The zero-order valence-corrected chi connectivity index (χ0v) is 20.3. The topological polar surface area (TPSA) is 0 Å². The fourth-order valence-corrected chi connectivity index (χ4v) is 5.50. The molecule has 0 nitrogen and oxygen atoms in total. The summed E-state index contributed by atoms with van der Waals surface area (Å²) in [6, 6.07) is 4.80. The van der Waals surface area contributed by atoms with Gasteiger partial charge in [-0.1, -0.05) is 73.8 Å². The molecule has 2 aliphatic carbocycles. The fourth-order valence-electron chi connectivity index (χ4n) is 4.85. The zero-order valence-electron chi connectivity index (χ0n) is 18.1. The molecular weight excluding hydrogens is 439 g/mol. The normalized spacial score (nSPS) is 19.3. The third-order valence-corrected chi connectivity index (χ3v) is 9.27. The molecule has 0 amide bonds. The average molecular weight is 481 g/mol. The van der Waals surface area contributed by atoms with Crippen LogP contribution >= 0.6 is 22.6 Å². The largest absolute Gasteiger partial charge is 0.0789 e. The standard InChI is InChI=1S/C26H41I/c1-4-25(17-18-25)15-9-5-7-11-23-14-13-21(2)24(22(23)3)12-8-6-10-16-26(27)19-20-26/h13-14H,4-12,15-20H2,1-3H3. The first-order valence-electron chi connectivity index (χ1n) is 11.7. The maximum absolute atomic E-state index is 2.69. The molecule has 1 aromatic rings. The maximum atomic E-state index is 2.69. The van der Waals surface area contributed by atoms with Crippen molar-refractivity contribution in [3.63, 3.8) is 0 Å². The van der Waals surface area contributed by atoms with Crippen molar-refractivity contribution in [3.05, 3.63) is 34.4 Å². The summed E-state index contributed by atoms with van der Waals surface area (Å²) in [4.78, 5) is 0. The Balaban J connectivity index is 1.39. The van der Waals surface area contributed by atoms with Crippen LogP contribution < -0.4 is 0 Å². The van der Waals surface area contributed by atoms with E-state index in [0.717, 1.165) is 5.41 Å². The van der Waals surface area contributed by atoms with Crippen LogP contribution in [0.5, 0.6) is 0 Å². The monoisotopic (exact) mass is 480 g/mol. The molecule has 0 N–H and O–H groups in total. The Bertz CT molecular complexity index is 607. The highest BCUT2D eigenvalue weighted by Crippen LogP contribution is 2.52. The van der Waals surface area contributed by atoms with Gasteiger partial charge in [-0.2, -0.15) is 0 Å². The molecule has 0 aromatic heterocycles. The van der Waals surface area contributed by atoms with Gasteiger partial charge in [0.15, 0.2) is 0 Å². The molecule has 2 saturated carbocycles. The first-order chi connectivity index (χ1) is 13.0. The quantitative estimate of drug-likeness (QED) is 0.151. The Hall–Kier alpha value is -0.0500. The highest BCUT2D eigenvalue weighted by molar-refractivity contribution is 14.1. The van der Waals surface area contributed by atoms with Crippen molar-refractivity contribution < 1.29 is 0 Å². The number of alkyl halides is 1. The van der Waals surface area contributed by atoms with Gasteiger partial charge in [-0.05, 0) is 106 Å². The lowest BCUT2D eigenvalue weighted by atomic mass is 9.90. The van der Waals surface area contributed by atoms with Crippen molar-refractivity contribution in [2.75, 3.05) is 0 Å². The Labute approximate surface area is 182 Å². The van der Waals surface area contributed by atoms with Gasteiger partial charge in [0.2, 0.25) is 0 Å². The maximum Gasteiger partial charge on any atom is 0.0223 e. The van der Waals surface area contributed by atoms with Gasteiger partial charge in [-0.3, -0.25) is 0 Å². The molecule has 0 radical (unpaired) electrons. The predicted molar refractivity (Wildman–Crippen MR) is 128 cm³/mol. The second-order valence-electron chi connectivity index (χ2n) is 9.77. The van der Waals surface area contributed by atoms with Crippen LogP contribution in [-0.2, 0) is 12.8 Å². The molecule has 0 unspecified atom stereocenters. The molecule has 0 atom stereocenters. The molecule has 0 spiro atoms. The number of benzene rings is 1. The molecule has 2 fully saturated rings. The number of rotatable bonds is 13. The Morgan fingerprint density at radius 2 is 1.48 bits per heavy atom. The lowest BCUT2D eigenvalue weighted by Gasteiger charge is -2.15.